The third-order valence-electron chi connectivity index (χ3n) is 2.75. The van der Waals surface area contributed by atoms with Crippen LogP contribution in [0.2, 0.25) is 0 Å². The van der Waals surface area contributed by atoms with E-state index >= 15 is 0 Å². The monoisotopic (exact) mass is 335 g/mol. The predicted molar refractivity (Wildman–Crippen MR) is 69.2 cm³/mol. The van der Waals surface area contributed by atoms with Crippen LogP contribution in [0, 0.1) is 0 Å². The van der Waals surface area contributed by atoms with E-state index in [1.165, 1.54) is 24.3 Å². The summed E-state index contributed by atoms with van der Waals surface area (Å²) >= 11 is 0. The van der Waals surface area contributed by atoms with Crippen LogP contribution >= 0.6 is 0 Å². The van der Waals surface area contributed by atoms with Crippen LogP contribution < -0.4 is 10.1 Å². The van der Waals surface area contributed by atoms with Gasteiger partial charge in [0.05, 0.1) is 5.69 Å². The number of carbonyl (C=O) groups excluding carboxylic acids is 1. The number of benzene rings is 1. The van der Waals surface area contributed by atoms with Crippen molar-refractivity contribution >= 4 is 11.6 Å². The molecule has 10 heteroatoms. The van der Waals surface area contributed by atoms with Crippen LogP contribution in [0.3, 0.4) is 0 Å². The Labute approximate surface area is 126 Å². The second-order valence-electron chi connectivity index (χ2n) is 4.36. The summed E-state index contributed by atoms with van der Waals surface area (Å²) in [4.78, 5) is 12.0. The number of aryl methyl sites for hydroxylation is 1. The van der Waals surface area contributed by atoms with Crippen molar-refractivity contribution in [2.75, 3.05) is 5.32 Å². The fourth-order valence-corrected chi connectivity index (χ4v) is 1.77. The van der Waals surface area contributed by atoms with Gasteiger partial charge in [-0.05, 0) is 12.1 Å². The molecule has 1 amide bonds. The number of amides is 1. The molecule has 0 atom stereocenters. The maximum atomic E-state index is 12.6. The normalized spacial score (nSPS) is 11.6. The number of hydrogen-bond donors (Lipinski definition) is 1. The topological polar surface area (TPSA) is 56.2 Å². The number of ether oxygens (including phenoxy) is 1. The van der Waals surface area contributed by atoms with Crippen molar-refractivity contribution in [3.63, 3.8) is 0 Å². The first-order chi connectivity index (χ1) is 10.7. The van der Waals surface area contributed by atoms with Gasteiger partial charge in [0.2, 0.25) is 0 Å². The van der Waals surface area contributed by atoms with Gasteiger partial charge in [-0.15, -0.1) is 0 Å². The number of rotatable bonds is 4. The van der Waals surface area contributed by atoms with Gasteiger partial charge in [0, 0.05) is 13.1 Å². The van der Waals surface area contributed by atoms with E-state index in [0.717, 1.165) is 11.7 Å². The number of nitrogens with zero attached hydrogens (tertiary/aromatic N) is 2. The quantitative estimate of drug-likeness (QED) is 0.873. The summed E-state index contributed by atoms with van der Waals surface area (Å²) in [5.41, 5.74) is -1.72. The predicted octanol–water partition coefficient (Wildman–Crippen LogP) is 3.29. The molecule has 23 heavy (non-hydrogen) atoms. The molecule has 0 aliphatic rings. The van der Waals surface area contributed by atoms with Crippen LogP contribution in [-0.2, 0) is 13.2 Å². The first kappa shape index (κ1) is 16.7. The lowest BCUT2D eigenvalue weighted by Crippen LogP contribution is -2.17. The summed E-state index contributed by atoms with van der Waals surface area (Å²) in [5, 5.41) is 5.41. The van der Waals surface area contributed by atoms with E-state index in [1.54, 1.807) is 0 Å². The highest BCUT2D eigenvalue weighted by Crippen LogP contribution is 2.29. The molecule has 0 unspecified atom stereocenters. The molecule has 124 valence electrons. The van der Waals surface area contributed by atoms with Gasteiger partial charge in [0.15, 0.2) is 5.69 Å². The van der Waals surface area contributed by atoms with E-state index in [2.05, 4.69) is 15.2 Å². The van der Waals surface area contributed by atoms with E-state index in [0.29, 0.717) is 6.07 Å². The molecular formula is C13H10F5N3O2. The van der Waals surface area contributed by atoms with Crippen LogP contribution in [-0.4, -0.2) is 22.3 Å². The van der Waals surface area contributed by atoms with Crippen molar-refractivity contribution in [1.29, 1.82) is 0 Å². The molecule has 0 aliphatic carbocycles. The van der Waals surface area contributed by atoms with Crippen molar-refractivity contribution in [2.45, 2.75) is 12.8 Å². The highest BCUT2D eigenvalue weighted by Gasteiger charge is 2.35. The number of halogens is 5. The number of hydrogen-bond acceptors (Lipinski definition) is 3. The van der Waals surface area contributed by atoms with Crippen molar-refractivity contribution in [3.05, 3.63) is 41.7 Å². The molecule has 0 bridgehead atoms. The Balaban J connectivity index is 2.25. The van der Waals surface area contributed by atoms with Gasteiger partial charge >= 0.3 is 12.8 Å². The minimum absolute atomic E-state index is 0.104. The molecule has 1 aromatic carbocycles. The van der Waals surface area contributed by atoms with Gasteiger partial charge in [-0.3, -0.25) is 9.48 Å². The van der Waals surface area contributed by atoms with Gasteiger partial charge in [-0.2, -0.15) is 27.1 Å². The second kappa shape index (κ2) is 6.23. The Morgan fingerprint density at radius 1 is 1.30 bits per heavy atom. The highest BCUT2D eigenvalue weighted by atomic mass is 19.4. The standard InChI is InChI=1S/C13H10F5N3O2/c1-21-8(6-10(20-21)13(16,17)18)11(22)19-7-4-2-3-5-9(7)23-12(14)15/h2-6,12H,1H3,(H,19,22). The number of nitrogens with one attached hydrogen (secondary N) is 1. The molecule has 1 aromatic heterocycles. The van der Waals surface area contributed by atoms with Crippen LogP contribution in [0.5, 0.6) is 5.75 Å². The molecular weight excluding hydrogens is 325 g/mol. The molecule has 0 spiro atoms. The molecule has 0 saturated heterocycles. The Hall–Kier alpha value is -2.65. The van der Waals surface area contributed by atoms with E-state index in [4.69, 9.17) is 0 Å². The maximum absolute atomic E-state index is 12.6. The van der Waals surface area contributed by atoms with Gasteiger partial charge in [0.1, 0.15) is 11.4 Å². The molecule has 5 nitrogen and oxygen atoms in total. The fourth-order valence-electron chi connectivity index (χ4n) is 1.77. The average molecular weight is 335 g/mol. The minimum Gasteiger partial charge on any atom is -0.433 e. The zero-order valence-corrected chi connectivity index (χ0v) is 11.6. The molecule has 0 fully saturated rings. The largest absolute Gasteiger partial charge is 0.435 e. The molecule has 0 saturated carbocycles. The van der Waals surface area contributed by atoms with Gasteiger partial charge in [0.25, 0.3) is 5.91 Å². The number of carbonyl (C=O) groups is 1. The summed E-state index contributed by atoms with van der Waals surface area (Å²) in [6, 6.07) is 5.87. The summed E-state index contributed by atoms with van der Waals surface area (Å²) in [6.45, 7) is -3.11. The molecule has 2 rings (SSSR count). The van der Waals surface area contributed by atoms with Crippen molar-refractivity contribution in [3.8, 4) is 5.75 Å². The molecule has 1 N–H and O–H groups in total. The number of aromatic nitrogens is 2. The Morgan fingerprint density at radius 2 is 1.96 bits per heavy atom. The molecule has 1 heterocycles. The number of para-hydroxylation sites is 2. The lowest BCUT2D eigenvalue weighted by atomic mass is 10.2. The first-order valence-electron chi connectivity index (χ1n) is 6.15. The summed E-state index contributed by atoms with van der Waals surface area (Å²) in [5.74, 6) is -1.25. The second-order valence-corrected chi connectivity index (χ2v) is 4.36. The van der Waals surface area contributed by atoms with Crippen molar-refractivity contribution in [2.24, 2.45) is 7.05 Å². The first-order valence-corrected chi connectivity index (χ1v) is 6.15. The number of anilines is 1. The van der Waals surface area contributed by atoms with E-state index in [9.17, 15) is 26.7 Å². The third-order valence-corrected chi connectivity index (χ3v) is 2.75. The third kappa shape index (κ3) is 3.96. The lowest BCUT2D eigenvalue weighted by Gasteiger charge is -2.11. The highest BCUT2D eigenvalue weighted by molar-refractivity contribution is 6.04. The summed E-state index contributed by atoms with van der Waals surface area (Å²) in [7, 11) is 1.16. The van der Waals surface area contributed by atoms with Crippen molar-refractivity contribution < 1.29 is 31.5 Å². The van der Waals surface area contributed by atoms with Crippen LogP contribution in [0.25, 0.3) is 0 Å². The van der Waals surface area contributed by atoms with Crippen molar-refractivity contribution in [1.82, 2.24) is 9.78 Å². The molecule has 0 aliphatic heterocycles. The van der Waals surface area contributed by atoms with E-state index in [1.807, 2.05) is 0 Å². The Morgan fingerprint density at radius 3 is 2.52 bits per heavy atom. The lowest BCUT2D eigenvalue weighted by molar-refractivity contribution is -0.141. The van der Waals surface area contributed by atoms with Crippen LogP contribution in [0.15, 0.2) is 30.3 Å². The Kier molecular flexibility index (Phi) is 4.52. The maximum Gasteiger partial charge on any atom is 0.435 e. The van der Waals surface area contributed by atoms with Crippen LogP contribution in [0.1, 0.15) is 16.2 Å². The molecule has 0 radical (unpaired) electrons. The number of alkyl halides is 5. The Bertz CT molecular complexity index is 712. The van der Waals surface area contributed by atoms with E-state index in [-0.39, 0.29) is 17.1 Å². The SMILES string of the molecule is Cn1nc(C(F)(F)F)cc1C(=O)Nc1ccccc1OC(F)F. The zero-order chi connectivity index (χ0) is 17.2. The summed E-state index contributed by atoms with van der Waals surface area (Å²) in [6.07, 6.45) is -4.70. The van der Waals surface area contributed by atoms with E-state index < -0.39 is 24.4 Å². The minimum atomic E-state index is -4.70. The van der Waals surface area contributed by atoms with Gasteiger partial charge < -0.3 is 10.1 Å². The van der Waals surface area contributed by atoms with Gasteiger partial charge in [-0.1, -0.05) is 12.1 Å². The smallest absolute Gasteiger partial charge is 0.433 e. The van der Waals surface area contributed by atoms with Crippen LogP contribution in [0.4, 0.5) is 27.6 Å². The average Bonchev–Trinajstić information content (AvgIpc) is 2.82. The summed E-state index contributed by atoms with van der Waals surface area (Å²) < 4.78 is 67.2. The zero-order valence-electron chi connectivity index (χ0n) is 11.6. The fraction of sp³-hybridized carbons (Fsp3) is 0.231. The molecule has 2 aromatic rings. The van der Waals surface area contributed by atoms with Gasteiger partial charge in [-0.25, -0.2) is 0 Å².